The Bertz CT molecular complexity index is 794. The van der Waals surface area contributed by atoms with Crippen molar-refractivity contribution in [1.29, 1.82) is 0 Å². The maximum Gasteiger partial charge on any atom is 0.257 e. The molecule has 0 radical (unpaired) electrons. The molecule has 8 nitrogen and oxygen atoms in total. The van der Waals surface area contributed by atoms with E-state index >= 15 is 0 Å². The lowest BCUT2D eigenvalue weighted by molar-refractivity contribution is 0.0621. The first kappa shape index (κ1) is 24.3. The zero-order valence-electron chi connectivity index (χ0n) is 15.7. The molecule has 0 unspecified atom stereocenters. The summed E-state index contributed by atoms with van der Waals surface area (Å²) in [5.74, 6) is 1.63. The summed E-state index contributed by atoms with van der Waals surface area (Å²) in [5, 5.41) is 4.32. The van der Waals surface area contributed by atoms with Gasteiger partial charge in [0.15, 0.2) is 5.82 Å². The van der Waals surface area contributed by atoms with Crippen LogP contribution in [-0.2, 0) is 13.0 Å². The Balaban J connectivity index is 0.00000196. The van der Waals surface area contributed by atoms with Crippen molar-refractivity contribution in [2.24, 2.45) is 0 Å². The van der Waals surface area contributed by atoms with E-state index in [1.54, 1.807) is 17.0 Å². The number of carbonyl (C=O) groups is 1. The normalized spacial score (nSPS) is 14.2. The smallest absolute Gasteiger partial charge is 0.257 e. The van der Waals surface area contributed by atoms with Crippen LogP contribution in [0.25, 0.3) is 0 Å². The van der Waals surface area contributed by atoms with Crippen molar-refractivity contribution in [3.8, 4) is 5.75 Å². The lowest BCUT2D eigenvalue weighted by Gasteiger charge is -2.34. The number of hydrogen-bond acceptors (Lipinski definition) is 7. The molecule has 0 saturated carbocycles. The number of nitrogen functional groups attached to an aromatic ring is 1. The average Bonchev–Trinajstić information content (AvgIpc) is 3.11. The van der Waals surface area contributed by atoms with Gasteiger partial charge in [0.05, 0.1) is 29.9 Å². The van der Waals surface area contributed by atoms with Crippen LogP contribution in [-0.4, -0.2) is 59.1 Å². The maximum atomic E-state index is 12.8. The van der Waals surface area contributed by atoms with E-state index in [1.807, 2.05) is 6.92 Å². The van der Waals surface area contributed by atoms with Crippen molar-refractivity contribution in [2.45, 2.75) is 19.9 Å². The highest BCUT2D eigenvalue weighted by Gasteiger charge is 2.25. The summed E-state index contributed by atoms with van der Waals surface area (Å²) in [7, 11) is 1.51. The van der Waals surface area contributed by atoms with Gasteiger partial charge >= 0.3 is 0 Å². The molecular weight excluding hydrogens is 429 g/mol. The number of halogens is 3. The van der Waals surface area contributed by atoms with Crippen LogP contribution in [0.2, 0.25) is 5.02 Å². The second kappa shape index (κ2) is 10.7. The average molecular weight is 453 g/mol. The molecule has 0 atom stereocenters. The van der Waals surface area contributed by atoms with Crippen molar-refractivity contribution < 1.29 is 14.1 Å². The van der Waals surface area contributed by atoms with Crippen molar-refractivity contribution >= 4 is 48.0 Å². The van der Waals surface area contributed by atoms with Gasteiger partial charge in [0, 0.05) is 38.7 Å². The molecule has 1 amide bonds. The molecule has 2 aromatic rings. The molecule has 1 aliphatic rings. The molecule has 3 rings (SSSR count). The standard InChI is InChI=1S/C17H22ClN5O3.2ClH/c1-3-16-20-15(21-26-16)10-22-4-6-23(7-5-22)17(24)11-8-12(18)13(19)9-14(11)25-2;;/h8-9H,3-7,10,19H2,1-2H3;2*1H. The SMILES string of the molecule is CCc1nc(CN2CCN(C(=O)c3cc(Cl)c(N)cc3OC)CC2)no1.Cl.Cl. The van der Waals surface area contributed by atoms with Gasteiger partial charge in [0.2, 0.25) is 5.89 Å². The van der Waals surface area contributed by atoms with Crippen LogP contribution in [0.4, 0.5) is 5.69 Å². The number of benzene rings is 1. The third kappa shape index (κ3) is 5.41. The summed E-state index contributed by atoms with van der Waals surface area (Å²) in [4.78, 5) is 21.1. The molecule has 1 saturated heterocycles. The van der Waals surface area contributed by atoms with Crippen LogP contribution in [0, 0.1) is 0 Å². The van der Waals surface area contributed by atoms with Crippen molar-refractivity contribution in [2.75, 3.05) is 39.0 Å². The van der Waals surface area contributed by atoms with Gasteiger partial charge in [0.25, 0.3) is 5.91 Å². The van der Waals surface area contributed by atoms with Crippen molar-refractivity contribution in [1.82, 2.24) is 19.9 Å². The second-order valence-electron chi connectivity index (χ2n) is 6.10. The summed E-state index contributed by atoms with van der Waals surface area (Å²) in [5.41, 5.74) is 6.59. The minimum absolute atomic E-state index is 0. The number of anilines is 1. The van der Waals surface area contributed by atoms with Gasteiger partial charge in [-0.05, 0) is 6.07 Å². The first-order valence-corrected chi connectivity index (χ1v) is 8.85. The summed E-state index contributed by atoms with van der Waals surface area (Å²) < 4.78 is 10.4. The van der Waals surface area contributed by atoms with Gasteiger partial charge in [0.1, 0.15) is 5.75 Å². The highest BCUT2D eigenvalue weighted by Crippen LogP contribution is 2.30. The number of hydrogen-bond donors (Lipinski definition) is 1. The predicted octanol–water partition coefficient (Wildman–Crippen LogP) is 2.68. The number of nitrogens with zero attached hydrogens (tertiary/aromatic N) is 4. The van der Waals surface area contributed by atoms with E-state index < -0.39 is 0 Å². The number of nitrogens with two attached hydrogens (primary N) is 1. The molecule has 1 aromatic heterocycles. The van der Waals surface area contributed by atoms with Crippen LogP contribution in [0.15, 0.2) is 16.7 Å². The van der Waals surface area contributed by atoms with Crippen LogP contribution in [0.5, 0.6) is 5.75 Å². The summed E-state index contributed by atoms with van der Waals surface area (Å²) in [6.45, 7) is 5.24. The monoisotopic (exact) mass is 451 g/mol. The second-order valence-corrected chi connectivity index (χ2v) is 6.51. The first-order chi connectivity index (χ1) is 12.5. The Morgan fingerprint density at radius 1 is 1.29 bits per heavy atom. The fourth-order valence-corrected chi connectivity index (χ4v) is 3.05. The van der Waals surface area contributed by atoms with Crippen LogP contribution in [0.1, 0.15) is 29.0 Å². The summed E-state index contributed by atoms with van der Waals surface area (Å²) in [6, 6.07) is 3.14. The maximum absolute atomic E-state index is 12.8. The van der Waals surface area contributed by atoms with E-state index in [4.69, 9.17) is 26.6 Å². The third-order valence-electron chi connectivity index (χ3n) is 4.39. The van der Waals surface area contributed by atoms with E-state index in [9.17, 15) is 4.79 Å². The number of carbonyl (C=O) groups excluding carboxylic acids is 1. The Morgan fingerprint density at radius 3 is 2.54 bits per heavy atom. The lowest BCUT2D eigenvalue weighted by Crippen LogP contribution is -2.48. The summed E-state index contributed by atoms with van der Waals surface area (Å²) >= 11 is 6.07. The number of amides is 1. The van der Waals surface area contributed by atoms with Crippen molar-refractivity contribution in [3.05, 3.63) is 34.4 Å². The number of aryl methyl sites for hydroxylation is 1. The third-order valence-corrected chi connectivity index (χ3v) is 4.71. The highest BCUT2D eigenvalue weighted by atomic mass is 35.5. The number of rotatable bonds is 5. The molecule has 1 fully saturated rings. The molecule has 0 aliphatic carbocycles. The summed E-state index contributed by atoms with van der Waals surface area (Å²) in [6.07, 6.45) is 0.723. The quantitative estimate of drug-likeness (QED) is 0.696. The van der Waals surface area contributed by atoms with Gasteiger partial charge in [-0.2, -0.15) is 4.98 Å². The Hall–Kier alpha value is -1.74. The van der Waals surface area contributed by atoms with Gasteiger partial charge < -0.3 is 19.9 Å². The molecule has 156 valence electrons. The molecule has 1 aliphatic heterocycles. The van der Waals surface area contributed by atoms with E-state index in [0.717, 1.165) is 19.5 Å². The molecular formula is C17H24Cl3N5O3. The Morgan fingerprint density at radius 2 is 1.96 bits per heavy atom. The van der Waals surface area contributed by atoms with Gasteiger partial charge in [-0.15, -0.1) is 24.8 Å². The van der Waals surface area contributed by atoms with Crippen molar-refractivity contribution in [3.63, 3.8) is 0 Å². The minimum atomic E-state index is -0.115. The molecule has 0 bridgehead atoms. The highest BCUT2D eigenvalue weighted by molar-refractivity contribution is 6.33. The van der Waals surface area contributed by atoms with Gasteiger partial charge in [-0.1, -0.05) is 23.7 Å². The first-order valence-electron chi connectivity index (χ1n) is 8.48. The van der Waals surface area contributed by atoms with Crippen LogP contribution >= 0.6 is 36.4 Å². The minimum Gasteiger partial charge on any atom is -0.496 e. The number of piperazine rings is 1. The number of aromatic nitrogens is 2. The fourth-order valence-electron chi connectivity index (χ4n) is 2.88. The predicted molar refractivity (Wildman–Crippen MR) is 112 cm³/mol. The lowest BCUT2D eigenvalue weighted by atomic mass is 10.1. The molecule has 2 heterocycles. The molecule has 0 spiro atoms. The van der Waals surface area contributed by atoms with E-state index in [1.165, 1.54) is 7.11 Å². The number of ether oxygens (including phenoxy) is 1. The Labute approximate surface area is 181 Å². The van der Waals surface area contributed by atoms with E-state index in [-0.39, 0.29) is 30.7 Å². The van der Waals surface area contributed by atoms with Gasteiger partial charge in [-0.3, -0.25) is 9.69 Å². The zero-order chi connectivity index (χ0) is 18.7. The van der Waals surface area contributed by atoms with Gasteiger partial charge in [-0.25, -0.2) is 0 Å². The van der Waals surface area contributed by atoms with Crippen LogP contribution < -0.4 is 10.5 Å². The fraction of sp³-hybridized carbons (Fsp3) is 0.471. The van der Waals surface area contributed by atoms with Crippen LogP contribution in [0.3, 0.4) is 0 Å². The Kier molecular flexibility index (Phi) is 9.29. The topological polar surface area (TPSA) is 97.7 Å². The molecule has 2 N–H and O–H groups in total. The van der Waals surface area contributed by atoms with E-state index in [0.29, 0.717) is 53.4 Å². The molecule has 11 heteroatoms. The number of methoxy groups -OCH3 is 1. The largest absolute Gasteiger partial charge is 0.496 e. The molecule has 1 aromatic carbocycles. The molecule has 28 heavy (non-hydrogen) atoms. The zero-order valence-corrected chi connectivity index (χ0v) is 18.1. The van der Waals surface area contributed by atoms with E-state index in [2.05, 4.69) is 15.0 Å².